The highest BCUT2D eigenvalue weighted by Crippen LogP contribution is 2.19. The van der Waals surface area contributed by atoms with E-state index in [2.05, 4.69) is 49.2 Å². The number of fused-ring (bicyclic) bond motifs is 1. The molecule has 0 amide bonds. The van der Waals surface area contributed by atoms with Crippen LogP contribution in [0.5, 0.6) is 0 Å². The van der Waals surface area contributed by atoms with Gasteiger partial charge in [-0.3, -0.25) is 4.90 Å². The van der Waals surface area contributed by atoms with Crippen molar-refractivity contribution < 1.29 is 0 Å². The third-order valence-corrected chi connectivity index (χ3v) is 4.92. The van der Waals surface area contributed by atoms with Gasteiger partial charge in [0.1, 0.15) is 0 Å². The predicted octanol–water partition coefficient (Wildman–Crippen LogP) is 2.65. The topological polar surface area (TPSA) is 48.1 Å². The number of benzene rings is 1. The van der Waals surface area contributed by atoms with Crippen LogP contribution in [0.15, 0.2) is 29.6 Å². The summed E-state index contributed by atoms with van der Waals surface area (Å²) in [6, 6.07) is 8.20. The lowest BCUT2D eigenvalue weighted by Crippen LogP contribution is -2.46. The van der Waals surface area contributed by atoms with Gasteiger partial charge in [0.2, 0.25) is 5.95 Å². The van der Waals surface area contributed by atoms with Crippen molar-refractivity contribution in [3.63, 3.8) is 0 Å². The van der Waals surface area contributed by atoms with Gasteiger partial charge in [-0.05, 0) is 19.1 Å². The van der Waals surface area contributed by atoms with Crippen LogP contribution in [0.3, 0.4) is 0 Å². The van der Waals surface area contributed by atoms with Crippen LogP contribution in [0.25, 0.3) is 11.0 Å². The second-order valence-corrected chi connectivity index (χ2v) is 6.76. The first kappa shape index (κ1) is 13.7. The first-order valence-electron chi connectivity index (χ1n) is 7.61. The third-order valence-electron chi connectivity index (χ3n) is 4.10. The molecule has 4 rings (SSSR count). The Bertz CT molecular complexity index is 737. The van der Waals surface area contributed by atoms with Crippen LogP contribution in [0.4, 0.5) is 5.95 Å². The lowest BCUT2D eigenvalue weighted by Gasteiger charge is -2.34. The molecule has 1 aromatic carbocycles. The van der Waals surface area contributed by atoms with Gasteiger partial charge >= 0.3 is 0 Å². The normalized spacial score (nSPS) is 16.5. The smallest absolute Gasteiger partial charge is 0.203 e. The van der Waals surface area contributed by atoms with Crippen LogP contribution < -0.4 is 4.90 Å². The zero-order valence-electron chi connectivity index (χ0n) is 12.6. The highest BCUT2D eigenvalue weighted by atomic mass is 32.1. The lowest BCUT2D eigenvalue weighted by atomic mass is 10.3. The molecule has 1 saturated heterocycles. The van der Waals surface area contributed by atoms with Crippen molar-refractivity contribution in [2.45, 2.75) is 13.5 Å². The average Bonchev–Trinajstić information content (AvgIpc) is 3.14. The van der Waals surface area contributed by atoms with Crippen LogP contribution in [0.2, 0.25) is 0 Å². The maximum Gasteiger partial charge on any atom is 0.203 e. The molecule has 5 nitrogen and oxygen atoms in total. The Labute approximate surface area is 133 Å². The number of nitrogens with zero attached hydrogens (tertiary/aromatic N) is 4. The molecule has 1 aliphatic heterocycles. The maximum atomic E-state index is 4.69. The van der Waals surface area contributed by atoms with E-state index in [9.17, 15) is 0 Å². The largest absolute Gasteiger partial charge is 0.340 e. The molecule has 1 aliphatic rings. The predicted molar refractivity (Wildman–Crippen MR) is 90.4 cm³/mol. The summed E-state index contributed by atoms with van der Waals surface area (Å²) in [6.45, 7) is 7.12. The number of aromatic amines is 1. The van der Waals surface area contributed by atoms with Gasteiger partial charge in [-0.2, -0.15) is 0 Å². The number of piperazine rings is 1. The molecule has 0 saturated carbocycles. The molecule has 2 aromatic heterocycles. The maximum absolute atomic E-state index is 4.69. The molecule has 1 N–H and O–H groups in total. The molecule has 6 heteroatoms. The fourth-order valence-electron chi connectivity index (χ4n) is 2.92. The molecule has 1 fully saturated rings. The van der Waals surface area contributed by atoms with E-state index in [1.165, 1.54) is 5.69 Å². The number of nitrogens with one attached hydrogen (secondary N) is 1. The fourth-order valence-corrected chi connectivity index (χ4v) is 3.52. The summed E-state index contributed by atoms with van der Waals surface area (Å²) in [7, 11) is 0. The number of thiazole rings is 1. The molecule has 0 aliphatic carbocycles. The molecule has 3 aromatic rings. The molecule has 114 valence electrons. The number of para-hydroxylation sites is 2. The molecule has 22 heavy (non-hydrogen) atoms. The SMILES string of the molecule is Cc1nc(CN2CCN(c3nc4ccccc4[nH]3)CC2)cs1. The molecule has 0 unspecified atom stereocenters. The van der Waals surface area contributed by atoms with Crippen molar-refractivity contribution in [3.8, 4) is 0 Å². The second-order valence-electron chi connectivity index (χ2n) is 5.70. The fraction of sp³-hybridized carbons (Fsp3) is 0.375. The molecular formula is C16H19N5S. The highest BCUT2D eigenvalue weighted by molar-refractivity contribution is 7.09. The highest BCUT2D eigenvalue weighted by Gasteiger charge is 2.20. The molecule has 0 radical (unpaired) electrons. The zero-order valence-corrected chi connectivity index (χ0v) is 13.4. The van der Waals surface area contributed by atoms with Crippen molar-refractivity contribution in [2.24, 2.45) is 0 Å². The van der Waals surface area contributed by atoms with Gasteiger partial charge in [-0.15, -0.1) is 11.3 Å². The number of hydrogen-bond donors (Lipinski definition) is 1. The van der Waals surface area contributed by atoms with E-state index in [0.29, 0.717) is 0 Å². The van der Waals surface area contributed by atoms with Crippen LogP contribution in [0.1, 0.15) is 10.7 Å². The van der Waals surface area contributed by atoms with Crippen LogP contribution in [-0.2, 0) is 6.54 Å². The minimum Gasteiger partial charge on any atom is -0.340 e. The van der Waals surface area contributed by atoms with E-state index in [4.69, 9.17) is 0 Å². The van der Waals surface area contributed by atoms with Crippen molar-refractivity contribution >= 4 is 28.3 Å². The molecule has 3 heterocycles. The van der Waals surface area contributed by atoms with Crippen molar-refractivity contribution in [2.75, 3.05) is 31.1 Å². The van der Waals surface area contributed by atoms with Gasteiger partial charge in [0.25, 0.3) is 0 Å². The van der Waals surface area contributed by atoms with Gasteiger partial charge in [0.15, 0.2) is 0 Å². The quantitative estimate of drug-likeness (QED) is 0.807. The molecule has 0 bridgehead atoms. The number of imidazole rings is 1. The summed E-state index contributed by atoms with van der Waals surface area (Å²) in [4.78, 5) is 17.5. The van der Waals surface area contributed by atoms with Gasteiger partial charge < -0.3 is 9.88 Å². The first-order valence-corrected chi connectivity index (χ1v) is 8.49. The Morgan fingerprint density at radius 1 is 1.14 bits per heavy atom. The van der Waals surface area contributed by atoms with Gasteiger partial charge in [-0.25, -0.2) is 9.97 Å². The van der Waals surface area contributed by atoms with Gasteiger partial charge in [0, 0.05) is 38.1 Å². The van der Waals surface area contributed by atoms with Crippen molar-refractivity contribution in [1.82, 2.24) is 19.9 Å². The number of rotatable bonds is 3. The summed E-state index contributed by atoms with van der Waals surface area (Å²) < 4.78 is 0. The summed E-state index contributed by atoms with van der Waals surface area (Å²) in [5.74, 6) is 0.991. The van der Waals surface area contributed by atoms with Crippen LogP contribution >= 0.6 is 11.3 Å². The standard InChI is InChI=1S/C16H19N5S/c1-12-17-13(11-22-12)10-20-6-8-21(9-7-20)16-18-14-4-2-3-5-15(14)19-16/h2-5,11H,6-10H2,1H3,(H,18,19). The number of H-pyrrole nitrogens is 1. The summed E-state index contributed by atoms with van der Waals surface area (Å²) in [5.41, 5.74) is 3.34. The molecule has 0 atom stereocenters. The monoisotopic (exact) mass is 313 g/mol. The Morgan fingerprint density at radius 2 is 1.95 bits per heavy atom. The van der Waals surface area contributed by atoms with E-state index in [1.807, 2.05) is 12.1 Å². The number of aryl methyl sites for hydroxylation is 1. The summed E-state index contributed by atoms with van der Waals surface area (Å²) >= 11 is 1.73. The number of hydrogen-bond acceptors (Lipinski definition) is 5. The first-order chi connectivity index (χ1) is 10.8. The second kappa shape index (κ2) is 5.70. The van der Waals surface area contributed by atoms with Crippen LogP contribution in [-0.4, -0.2) is 46.0 Å². The Kier molecular flexibility index (Phi) is 3.56. The average molecular weight is 313 g/mol. The zero-order chi connectivity index (χ0) is 14.9. The Morgan fingerprint density at radius 3 is 2.68 bits per heavy atom. The minimum atomic E-state index is 0.957. The van der Waals surface area contributed by atoms with Crippen molar-refractivity contribution in [1.29, 1.82) is 0 Å². The molecule has 0 spiro atoms. The Balaban J connectivity index is 1.40. The van der Waals surface area contributed by atoms with Crippen LogP contribution in [0, 0.1) is 6.92 Å². The summed E-state index contributed by atoms with van der Waals surface area (Å²) in [5, 5.41) is 3.32. The number of anilines is 1. The van der Waals surface area contributed by atoms with Gasteiger partial charge in [-0.1, -0.05) is 12.1 Å². The van der Waals surface area contributed by atoms with Crippen molar-refractivity contribution in [3.05, 3.63) is 40.3 Å². The van der Waals surface area contributed by atoms with E-state index in [1.54, 1.807) is 11.3 Å². The molecular weight excluding hydrogens is 294 g/mol. The Hall–Kier alpha value is -1.92. The van der Waals surface area contributed by atoms with E-state index in [0.717, 1.165) is 54.7 Å². The minimum absolute atomic E-state index is 0.957. The van der Waals surface area contributed by atoms with E-state index in [-0.39, 0.29) is 0 Å². The van der Waals surface area contributed by atoms with E-state index < -0.39 is 0 Å². The number of aromatic nitrogens is 3. The summed E-state index contributed by atoms with van der Waals surface area (Å²) in [6.07, 6.45) is 0. The third kappa shape index (κ3) is 2.71. The lowest BCUT2D eigenvalue weighted by molar-refractivity contribution is 0.246. The van der Waals surface area contributed by atoms with Gasteiger partial charge in [0.05, 0.1) is 21.7 Å². The van der Waals surface area contributed by atoms with E-state index >= 15 is 0 Å².